The molecule has 1 aromatic rings. The van der Waals surface area contributed by atoms with Gasteiger partial charge in [0.1, 0.15) is 6.04 Å². The Morgan fingerprint density at radius 3 is 2.56 bits per heavy atom. The van der Waals surface area contributed by atoms with Gasteiger partial charge < -0.3 is 14.9 Å². The minimum Gasteiger partial charge on any atom is -0.480 e. The van der Waals surface area contributed by atoms with Gasteiger partial charge in [-0.3, -0.25) is 9.59 Å². The number of benzene rings is 1. The van der Waals surface area contributed by atoms with Crippen molar-refractivity contribution in [2.45, 2.75) is 25.8 Å². The average molecular weight is 387 g/mol. The number of likely N-dealkylation sites (tertiary alicyclic amines) is 1. The highest BCUT2D eigenvalue weighted by Crippen LogP contribution is 2.25. The van der Waals surface area contributed by atoms with Gasteiger partial charge in [0.2, 0.25) is 5.91 Å². The molecular formula is C17H20Cl2N2O4. The molecule has 6 nitrogen and oxygen atoms in total. The van der Waals surface area contributed by atoms with Crippen LogP contribution in [0.5, 0.6) is 0 Å². The summed E-state index contributed by atoms with van der Waals surface area (Å²) in [6.45, 7) is 2.26. The number of hydrogen-bond acceptors (Lipinski definition) is 3. The molecule has 1 aliphatic heterocycles. The number of carboxylic acids is 1. The van der Waals surface area contributed by atoms with Crippen LogP contribution in [0.4, 0.5) is 0 Å². The lowest BCUT2D eigenvalue weighted by molar-refractivity contribution is -0.150. The van der Waals surface area contributed by atoms with Crippen LogP contribution in [0.2, 0.25) is 10.0 Å². The van der Waals surface area contributed by atoms with E-state index in [1.54, 1.807) is 17.0 Å². The van der Waals surface area contributed by atoms with Gasteiger partial charge in [-0.25, -0.2) is 4.79 Å². The lowest BCUT2D eigenvalue weighted by Gasteiger charge is -2.35. The zero-order valence-corrected chi connectivity index (χ0v) is 15.5. The van der Waals surface area contributed by atoms with Gasteiger partial charge in [-0.05, 0) is 38.0 Å². The van der Waals surface area contributed by atoms with Gasteiger partial charge in [0.25, 0.3) is 5.91 Å². The molecule has 0 spiro atoms. The fraction of sp³-hybridized carbons (Fsp3) is 0.471. The first-order chi connectivity index (χ1) is 11.7. The smallest absolute Gasteiger partial charge is 0.326 e. The van der Waals surface area contributed by atoms with Crippen LogP contribution >= 0.6 is 23.2 Å². The highest BCUT2D eigenvalue weighted by Gasteiger charge is 2.33. The molecule has 0 saturated carbocycles. The van der Waals surface area contributed by atoms with Gasteiger partial charge in [0, 0.05) is 25.7 Å². The van der Waals surface area contributed by atoms with Crippen molar-refractivity contribution in [3.05, 3.63) is 33.8 Å². The number of rotatable bonds is 4. The van der Waals surface area contributed by atoms with Crippen molar-refractivity contribution in [1.82, 2.24) is 9.80 Å². The fourth-order valence-electron chi connectivity index (χ4n) is 2.82. The van der Waals surface area contributed by atoms with E-state index in [2.05, 4.69) is 0 Å². The van der Waals surface area contributed by atoms with E-state index in [9.17, 15) is 14.4 Å². The summed E-state index contributed by atoms with van der Waals surface area (Å²) in [6.07, 6.45) is 1.30. The Balaban J connectivity index is 2.09. The van der Waals surface area contributed by atoms with E-state index in [1.807, 2.05) is 0 Å². The van der Waals surface area contributed by atoms with E-state index >= 15 is 0 Å². The van der Waals surface area contributed by atoms with Gasteiger partial charge in [0.15, 0.2) is 0 Å². The summed E-state index contributed by atoms with van der Waals surface area (Å²) >= 11 is 11.8. The maximum absolute atomic E-state index is 12.6. The molecule has 2 unspecified atom stereocenters. The van der Waals surface area contributed by atoms with Crippen molar-refractivity contribution in [1.29, 1.82) is 0 Å². The Kier molecular flexibility index (Phi) is 6.30. The number of hydrogen-bond donors (Lipinski definition) is 1. The minimum atomic E-state index is -1.06. The normalized spacial score (nSPS) is 18.6. The SMILES string of the molecule is CC(C(=O)O)N(C)C(=O)C1CCCN(C(=O)c2ccc(Cl)c(Cl)c2)C1. The average Bonchev–Trinajstić information content (AvgIpc) is 2.61. The number of halogens is 2. The Bertz CT molecular complexity index is 695. The number of aliphatic carboxylic acids is 1. The van der Waals surface area contributed by atoms with E-state index in [0.717, 1.165) is 0 Å². The van der Waals surface area contributed by atoms with Crippen molar-refractivity contribution < 1.29 is 19.5 Å². The predicted octanol–water partition coefficient (Wildman–Crippen LogP) is 2.78. The molecule has 136 valence electrons. The largest absolute Gasteiger partial charge is 0.480 e. The molecule has 2 rings (SSSR count). The van der Waals surface area contributed by atoms with E-state index in [-0.39, 0.29) is 18.4 Å². The quantitative estimate of drug-likeness (QED) is 0.862. The van der Waals surface area contributed by atoms with Crippen molar-refractivity contribution in [3.63, 3.8) is 0 Å². The third-order valence-electron chi connectivity index (χ3n) is 4.51. The highest BCUT2D eigenvalue weighted by molar-refractivity contribution is 6.42. The second-order valence-corrected chi connectivity index (χ2v) is 7.00. The molecule has 1 fully saturated rings. The monoisotopic (exact) mass is 386 g/mol. The zero-order chi connectivity index (χ0) is 18.7. The summed E-state index contributed by atoms with van der Waals surface area (Å²) in [5, 5.41) is 9.72. The summed E-state index contributed by atoms with van der Waals surface area (Å²) in [6, 6.07) is 3.76. The topological polar surface area (TPSA) is 77.9 Å². The van der Waals surface area contributed by atoms with Crippen molar-refractivity contribution in [2.24, 2.45) is 5.92 Å². The van der Waals surface area contributed by atoms with E-state index in [1.165, 1.54) is 24.9 Å². The van der Waals surface area contributed by atoms with Gasteiger partial charge in [-0.2, -0.15) is 0 Å². The van der Waals surface area contributed by atoms with Gasteiger partial charge in [0.05, 0.1) is 16.0 Å². The molecule has 2 amide bonds. The van der Waals surface area contributed by atoms with Gasteiger partial charge >= 0.3 is 5.97 Å². The van der Waals surface area contributed by atoms with Crippen LogP contribution in [0.3, 0.4) is 0 Å². The van der Waals surface area contributed by atoms with E-state index < -0.39 is 17.9 Å². The Labute approximate surface area is 156 Å². The molecule has 2 atom stereocenters. The van der Waals surface area contributed by atoms with Crippen LogP contribution in [-0.2, 0) is 9.59 Å². The number of carbonyl (C=O) groups is 3. The molecule has 1 N–H and O–H groups in total. The fourth-order valence-corrected chi connectivity index (χ4v) is 3.12. The molecule has 0 bridgehead atoms. The maximum Gasteiger partial charge on any atom is 0.326 e. The molecule has 0 radical (unpaired) electrons. The Morgan fingerprint density at radius 2 is 1.96 bits per heavy atom. The third-order valence-corrected chi connectivity index (χ3v) is 5.25. The first kappa shape index (κ1) is 19.5. The molecule has 1 aromatic carbocycles. The number of carboxylic acid groups (broad SMARTS) is 1. The number of amides is 2. The molecule has 1 saturated heterocycles. The second-order valence-electron chi connectivity index (χ2n) is 6.18. The summed E-state index contributed by atoms with van der Waals surface area (Å²) in [5.74, 6) is -1.95. The van der Waals surface area contributed by atoms with Crippen molar-refractivity contribution in [2.75, 3.05) is 20.1 Å². The molecule has 0 aromatic heterocycles. The molecule has 1 heterocycles. The van der Waals surface area contributed by atoms with Crippen molar-refractivity contribution >= 4 is 41.0 Å². The third kappa shape index (κ3) is 4.44. The maximum atomic E-state index is 12.6. The molecule has 8 heteroatoms. The predicted molar refractivity (Wildman–Crippen MR) is 95.0 cm³/mol. The summed E-state index contributed by atoms with van der Waals surface area (Å²) in [5.41, 5.74) is 0.412. The second kappa shape index (κ2) is 8.06. The van der Waals surface area contributed by atoms with Crippen LogP contribution < -0.4 is 0 Å². The standard InChI is InChI=1S/C17H20Cl2N2O4/c1-10(17(24)25)20(2)15(22)12-4-3-7-21(9-12)16(23)11-5-6-13(18)14(19)8-11/h5-6,8,10,12H,3-4,7,9H2,1-2H3,(H,24,25). The lowest BCUT2D eigenvalue weighted by atomic mass is 9.95. The van der Waals surface area contributed by atoms with Crippen LogP contribution in [0.25, 0.3) is 0 Å². The highest BCUT2D eigenvalue weighted by atomic mass is 35.5. The van der Waals surface area contributed by atoms with Gasteiger partial charge in [-0.1, -0.05) is 23.2 Å². The number of likely N-dealkylation sites (N-methyl/N-ethyl adjacent to an activating group) is 1. The number of carbonyl (C=O) groups excluding carboxylic acids is 2. The Hall–Kier alpha value is -1.79. The first-order valence-electron chi connectivity index (χ1n) is 7.96. The van der Waals surface area contributed by atoms with Crippen LogP contribution in [0, 0.1) is 5.92 Å². The van der Waals surface area contributed by atoms with Crippen LogP contribution in [-0.4, -0.2) is 58.9 Å². The molecule has 0 aliphatic carbocycles. The summed E-state index contributed by atoms with van der Waals surface area (Å²) in [7, 11) is 1.47. The first-order valence-corrected chi connectivity index (χ1v) is 8.71. The molecular weight excluding hydrogens is 367 g/mol. The van der Waals surface area contributed by atoms with Crippen LogP contribution in [0.1, 0.15) is 30.1 Å². The lowest BCUT2D eigenvalue weighted by Crippen LogP contribution is -2.49. The minimum absolute atomic E-state index is 0.218. The summed E-state index contributed by atoms with van der Waals surface area (Å²) < 4.78 is 0. The Morgan fingerprint density at radius 1 is 1.28 bits per heavy atom. The van der Waals surface area contributed by atoms with Crippen molar-refractivity contribution in [3.8, 4) is 0 Å². The molecule has 25 heavy (non-hydrogen) atoms. The number of nitrogens with zero attached hydrogens (tertiary/aromatic N) is 2. The molecule has 1 aliphatic rings. The number of piperidine rings is 1. The van der Waals surface area contributed by atoms with E-state index in [0.29, 0.717) is 35.0 Å². The van der Waals surface area contributed by atoms with Gasteiger partial charge in [-0.15, -0.1) is 0 Å². The summed E-state index contributed by atoms with van der Waals surface area (Å²) in [4.78, 5) is 39.1. The zero-order valence-electron chi connectivity index (χ0n) is 14.0. The van der Waals surface area contributed by atoms with E-state index in [4.69, 9.17) is 28.3 Å². The van der Waals surface area contributed by atoms with Crippen LogP contribution in [0.15, 0.2) is 18.2 Å².